The first-order chi connectivity index (χ1) is 21.7. The summed E-state index contributed by atoms with van der Waals surface area (Å²) in [7, 11) is -1.15. The molecule has 4 aliphatic rings. The van der Waals surface area contributed by atoms with Crippen molar-refractivity contribution >= 4 is 31.1 Å². The zero-order valence-corrected chi connectivity index (χ0v) is 27.8. The van der Waals surface area contributed by atoms with Gasteiger partial charge in [0.2, 0.25) is 11.8 Å². The van der Waals surface area contributed by atoms with Gasteiger partial charge in [0.25, 0.3) is 0 Å². The third-order valence-corrected chi connectivity index (χ3v) is 9.59. The normalized spacial score (nSPS) is 27.9. The Morgan fingerprint density at radius 3 is 2.61 bits per heavy atom. The number of cyclic esters (lactones) is 1. The summed E-state index contributed by atoms with van der Waals surface area (Å²) in [5, 5.41) is 15.9. The molecule has 0 radical (unpaired) electrons. The minimum absolute atomic E-state index is 0.0191. The van der Waals surface area contributed by atoms with E-state index in [1.165, 1.54) is 10.5 Å². The number of nitrogens with zero attached hydrogens (tertiary/aromatic N) is 2. The number of carbonyl (C=O) groups excluding carboxylic acids is 4. The second kappa shape index (κ2) is 13.8. The first-order valence-corrected chi connectivity index (χ1v) is 16.6. The highest BCUT2D eigenvalue weighted by molar-refractivity contribution is 6.45. The number of alkyl carbamates (subject to hydrolysis) is 1. The summed E-state index contributed by atoms with van der Waals surface area (Å²) in [4.78, 5) is 57.6. The molecule has 46 heavy (non-hydrogen) atoms. The van der Waals surface area contributed by atoms with E-state index < -0.39 is 60.7 Å². The Balaban J connectivity index is 1.42. The molecule has 0 aromatic heterocycles. The van der Waals surface area contributed by atoms with Gasteiger partial charge in [-0.05, 0) is 59.6 Å². The molecule has 2 fully saturated rings. The zero-order valence-electron chi connectivity index (χ0n) is 27.8. The molecule has 3 N–H and O–H groups in total. The molecule has 252 valence electrons. The lowest BCUT2D eigenvalue weighted by Crippen LogP contribution is -2.59. The van der Waals surface area contributed by atoms with Crippen molar-refractivity contribution in [2.24, 2.45) is 10.8 Å². The van der Waals surface area contributed by atoms with E-state index in [0.29, 0.717) is 32.5 Å². The van der Waals surface area contributed by atoms with Gasteiger partial charge in [0.15, 0.2) is 0 Å². The van der Waals surface area contributed by atoms with Crippen molar-refractivity contribution in [1.82, 2.24) is 20.4 Å². The van der Waals surface area contributed by atoms with Crippen LogP contribution in [0.3, 0.4) is 0 Å². The minimum Gasteiger partial charge on any atom is -0.449 e. The zero-order chi connectivity index (χ0) is 33.2. The Labute approximate surface area is 272 Å². The smallest absolute Gasteiger partial charge is 0.449 e. The lowest BCUT2D eigenvalue weighted by atomic mass is 9.74. The third-order valence-electron chi connectivity index (χ3n) is 9.59. The molecule has 0 spiro atoms. The third kappa shape index (κ3) is 7.97. The Morgan fingerprint density at radius 1 is 1.11 bits per heavy atom. The van der Waals surface area contributed by atoms with E-state index >= 15 is 0 Å². The lowest BCUT2D eigenvalue weighted by molar-refractivity contribution is -0.142. The highest BCUT2D eigenvalue weighted by Gasteiger charge is 2.47. The van der Waals surface area contributed by atoms with Crippen LogP contribution in [0, 0.1) is 10.8 Å². The summed E-state index contributed by atoms with van der Waals surface area (Å²) in [5.74, 6) is -1.58. The van der Waals surface area contributed by atoms with E-state index in [4.69, 9.17) is 14.1 Å². The van der Waals surface area contributed by atoms with Crippen LogP contribution in [0.5, 0.6) is 0 Å². The van der Waals surface area contributed by atoms with Crippen molar-refractivity contribution in [1.29, 1.82) is 0 Å². The number of amides is 4. The summed E-state index contributed by atoms with van der Waals surface area (Å²) in [6.07, 6.45) is 2.96. The maximum atomic E-state index is 14.2. The van der Waals surface area contributed by atoms with Crippen LogP contribution in [0.15, 0.2) is 18.2 Å². The monoisotopic (exact) mass is 640 g/mol. The van der Waals surface area contributed by atoms with Crippen molar-refractivity contribution < 1.29 is 38.3 Å². The predicted molar refractivity (Wildman–Crippen MR) is 170 cm³/mol. The standard InChI is InChI=1S/C33H49BN4O8/c1-32(2,3)27-29(40)38-18-23(16-25(38)28(39)35-26-13-9-15-45-34(26)43)46-31(42)37-17-22-12-8-11-21(24(22)19-37)10-6-7-14-33(4,5)20-44-30(41)36-27/h8,11-12,23,25-27,43H,6-7,9-10,13-20H2,1-5H3,(H,35,39)(H,36,41)/t23-,25+,26+,27-/m1/s1. The molecule has 4 heterocycles. The number of aryl methyl sites for hydroxylation is 1. The van der Waals surface area contributed by atoms with Gasteiger partial charge in [-0.15, -0.1) is 0 Å². The second-order valence-electron chi connectivity index (χ2n) is 15.1. The maximum absolute atomic E-state index is 14.2. The fourth-order valence-corrected chi connectivity index (χ4v) is 6.86. The van der Waals surface area contributed by atoms with Crippen LogP contribution in [-0.4, -0.2) is 89.8 Å². The number of hydrogen-bond donors (Lipinski definition) is 3. The number of rotatable bonds is 2. The van der Waals surface area contributed by atoms with Crippen LogP contribution in [0.4, 0.5) is 9.59 Å². The van der Waals surface area contributed by atoms with Gasteiger partial charge in [0, 0.05) is 26.1 Å². The van der Waals surface area contributed by atoms with Crippen molar-refractivity contribution in [2.75, 3.05) is 19.8 Å². The largest absolute Gasteiger partial charge is 0.478 e. The number of hydrogen-bond acceptors (Lipinski definition) is 8. The van der Waals surface area contributed by atoms with E-state index in [1.54, 1.807) is 4.90 Å². The van der Waals surface area contributed by atoms with E-state index in [2.05, 4.69) is 30.5 Å². The van der Waals surface area contributed by atoms with Crippen molar-refractivity contribution in [3.05, 3.63) is 34.9 Å². The number of fused-ring (bicyclic) bond motifs is 3. The van der Waals surface area contributed by atoms with Gasteiger partial charge in [-0.3, -0.25) is 14.5 Å². The van der Waals surface area contributed by atoms with Crippen molar-refractivity contribution in [3.63, 3.8) is 0 Å². The Kier molecular flexibility index (Phi) is 10.2. The van der Waals surface area contributed by atoms with E-state index in [9.17, 15) is 24.2 Å². The van der Waals surface area contributed by atoms with E-state index in [1.807, 2.05) is 32.9 Å². The van der Waals surface area contributed by atoms with Gasteiger partial charge in [-0.25, -0.2) is 9.59 Å². The SMILES string of the molecule is CC1(C)CCCCc2cccc3c2CN(C3)C(=O)O[C@@H]2C[C@@H](C(=O)N[C@H]3CCCOB3O)N(C2)C(=O)[C@H](C(C)(C)C)NC(=O)OC1. The van der Waals surface area contributed by atoms with Crippen LogP contribution >= 0.6 is 0 Å². The van der Waals surface area contributed by atoms with Gasteiger partial charge in [-0.1, -0.05) is 59.2 Å². The molecule has 13 heteroatoms. The molecule has 4 aliphatic heterocycles. The molecule has 4 atom stereocenters. The van der Waals surface area contributed by atoms with Crippen LogP contribution in [0.25, 0.3) is 0 Å². The molecule has 1 aromatic carbocycles. The van der Waals surface area contributed by atoms with Crippen LogP contribution in [0.2, 0.25) is 0 Å². The van der Waals surface area contributed by atoms with Crippen molar-refractivity contribution in [2.45, 2.75) is 117 Å². The lowest BCUT2D eigenvalue weighted by Gasteiger charge is -2.36. The summed E-state index contributed by atoms with van der Waals surface area (Å²) >= 11 is 0. The van der Waals surface area contributed by atoms with E-state index in [0.717, 1.165) is 36.8 Å². The molecule has 0 aliphatic carbocycles. The van der Waals surface area contributed by atoms with Crippen LogP contribution in [0.1, 0.15) is 89.8 Å². The average molecular weight is 641 g/mol. The summed E-state index contributed by atoms with van der Waals surface area (Å²) in [6.45, 7) is 11.1. The van der Waals surface area contributed by atoms with Gasteiger partial charge in [-0.2, -0.15) is 0 Å². The topological polar surface area (TPSA) is 147 Å². The van der Waals surface area contributed by atoms with Crippen LogP contribution in [-0.2, 0) is 43.2 Å². The first kappa shape index (κ1) is 34.0. The quantitative estimate of drug-likeness (QED) is 0.418. The van der Waals surface area contributed by atoms with Gasteiger partial charge < -0.3 is 34.7 Å². The highest BCUT2D eigenvalue weighted by Crippen LogP contribution is 2.32. The molecule has 4 bridgehead atoms. The summed E-state index contributed by atoms with van der Waals surface area (Å²) < 4.78 is 16.9. The second-order valence-corrected chi connectivity index (χ2v) is 15.1. The first-order valence-electron chi connectivity index (χ1n) is 16.6. The number of nitrogens with one attached hydrogen (secondary N) is 2. The molecule has 1 aromatic rings. The van der Waals surface area contributed by atoms with Crippen LogP contribution < -0.4 is 10.6 Å². The predicted octanol–water partition coefficient (Wildman–Crippen LogP) is 3.32. The molecule has 0 saturated carbocycles. The Hall–Kier alpha value is -3.32. The molecule has 12 nitrogen and oxygen atoms in total. The maximum Gasteiger partial charge on any atom is 0.478 e. The Bertz CT molecular complexity index is 1320. The molecular formula is C33H49BN4O8. The Morgan fingerprint density at radius 2 is 1.87 bits per heavy atom. The van der Waals surface area contributed by atoms with E-state index in [-0.39, 0.29) is 25.0 Å². The summed E-state index contributed by atoms with van der Waals surface area (Å²) in [5.41, 5.74) is 2.46. The highest BCUT2D eigenvalue weighted by atomic mass is 16.6. The molecule has 5 rings (SSSR count). The molecule has 0 unspecified atom stereocenters. The fraction of sp³-hybridized carbons (Fsp3) is 0.697. The number of ether oxygens (including phenoxy) is 2. The van der Waals surface area contributed by atoms with Gasteiger partial charge in [0.05, 0.1) is 19.1 Å². The molecule has 4 amide bonds. The number of benzene rings is 1. The number of carbonyl (C=O) groups is 4. The van der Waals surface area contributed by atoms with Gasteiger partial charge in [0.1, 0.15) is 18.2 Å². The minimum atomic E-state index is -1.15. The fourth-order valence-electron chi connectivity index (χ4n) is 6.86. The van der Waals surface area contributed by atoms with Gasteiger partial charge >= 0.3 is 19.3 Å². The molecule has 2 saturated heterocycles. The van der Waals surface area contributed by atoms with Crippen molar-refractivity contribution in [3.8, 4) is 0 Å². The molecular weight excluding hydrogens is 591 g/mol. The summed E-state index contributed by atoms with van der Waals surface area (Å²) in [6, 6.07) is 4.17. The average Bonchev–Trinajstić information content (AvgIpc) is 3.62.